The van der Waals surface area contributed by atoms with Crippen molar-refractivity contribution < 1.29 is 8.42 Å². The van der Waals surface area contributed by atoms with Gasteiger partial charge >= 0.3 is 0 Å². The lowest BCUT2D eigenvalue weighted by molar-refractivity contribution is 0.599. The normalized spacial score (nSPS) is 18.1. The molecule has 0 spiro atoms. The highest BCUT2D eigenvalue weighted by molar-refractivity contribution is 7.90. The fraction of sp³-hybridized carbons (Fsp3) is 0.125. The Morgan fingerprint density at radius 2 is 2.00 bits per heavy atom. The fourth-order valence-corrected chi connectivity index (χ4v) is 2.60. The summed E-state index contributed by atoms with van der Waals surface area (Å²) in [4.78, 5) is 0.260. The number of fused-ring (bicyclic) bond motifs is 1. The standard InChI is InChI=1S/C8H8N2O2S/c9-5-7-6-3-1-2-4-8(6)13(11,12)10-7/h1-4H,5,9H2. The van der Waals surface area contributed by atoms with Crippen molar-refractivity contribution in [3.8, 4) is 0 Å². The van der Waals surface area contributed by atoms with Crippen LogP contribution in [-0.4, -0.2) is 20.7 Å². The van der Waals surface area contributed by atoms with Gasteiger partial charge in [0.05, 0.1) is 10.6 Å². The quantitative estimate of drug-likeness (QED) is 0.694. The summed E-state index contributed by atoms with van der Waals surface area (Å²) >= 11 is 0. The Balaban J connectivity index is 2.76. The molecule has 0 aromatic heterocycles. The summed E-state index contributed by atoms with van der Waals surface area (Å²) < 4.78 is 26.3. The second-order valence-corrected chi connectivity index (χ2v) is 4.29. The van der Waals surface area contributed by atoms with Crippen molar-refractivity contribution in [3.05, 3.63) is 29.8 Å². The van der Waals surface area contributed by atoms with E-state index in [1.165, 1.54) is 6.07 Å². The molecule has 0 bridgehead atoms. The van der Waals surface area contributed by atoms with Crippen molar-refractivity contribution in [1.82, 2.24) is 0 Å². The number of nitrogens with two attached hydrogens (primary N) is 1. The van der Waals surface area contributed by atoms with Crippen molar-refractivity contribution >= 4 is 15.7 Å². The monoisotopic (exact) mass is 196 g/mol. The van der Waals surface area contributed by atoms with Crippen molar-refractivity contribution in [2.45, 2.75) is 4.90 Å². The molecule has 0 unspecified atom stereocenters. The van der Waals surface area contributed by atoms with Crippen LogP contribution in [0.4, 0.5) is 0 Å². The molecule has 0 saturated heterocycles. The Labute approximate surface area is 76.2 Å². The highest BCUT2D eigenvalue weighted by Crippen LogP contribution is 2.24. The van der Waals surface area contributed by atoms with Gasteiger partial charge in [0, 0.05) is 12.1 Å². The summed E-state index contributed by atoms with van der Waals surface area (Å²) in [5.74, 6) is 0. The van der Waals surface area contributed by atoms with Crippen LogP contribution >= 0.6 is 0 Å². The second kappa shape index (κ2) is 2.65. The Morgan fingerprint density at radius 3 is 2.69 bits per heavy atom. The van der Waals surface area contributed by atoms with Crippen molar-refractivity contribution in [2.24, 2.45) is 10.1 Å². The highest BCUT2D eigenvalue weighted by Gasteiger charge is 2.26. The van der Waals surface area contributed by atoms with E-state index in [9.17, 15) is 8.42 Å². The van der Waals surface area contributed by atoms with Crippen LogP contribution in [0.25, 0.3) is 0 Å². The highest BCUT2D eigenvalue weighted by atomic mass is 32.2. The van der Waals surface area contributed by atoms with Crippen LogP contribution in [0.1, 0.15) is 5.56 Å². The lowest BCUT2D eigenvalue weighted by Gasteiger charge is -1.96. The molecule has 1 aromatic rings. The molecule has 68 valence electrons. The van der Waals surface area contributed by atoms with E-state index >= 15 is 0 Å². The molecule has 4 nitrogen and oxygen atoms in total. The lowest BCUT2D eigenvalue weighted by atomic mass is 10.1. The molecule has 0 saturated carbocycles. The maximum Gasteiger partial charge on any atom is 0.283 e. The van der Waals surface area contributed by atoms with Gasteiger partial charge in [-0.3, -0.25) is 0 Å². The van der Waals surface area contributed by atoms with Crippen LogP contribution in [0.2, 0.25) is 0 Å². The molecule has 1 aromatic carbocycles. The van der Waals surface area contributed by atoms with Crippen LogP contribution in [0, 0.1) is 0 Å². The Morgan fingerprint density at radius 1 is 1.31 bits per heavy atom. The average Bonchev–Trinajstić information content (AvgIpc) is 2.39. The van der Waals surface area contributed by atoms with Gasteiger partial charge in [-0.05, 0) is 6.07 Å². The second-order valence-electron chi connectivity index (χ2n) is 2.71. The van der Waals surface area contributed by atoms with E-state index in [1.54, 1.807) is 18.2 Å². The Kier molecular flexibility index (Phi) is 1.71. The van der Waals surface area contributed by atoms with E-state index in [4.69, 9.17) is 5.73 Å². The summed E-state index contributed by atoms with van der Waals surface area (Å²) in [6, 6.07) is 6.69. The third-order valence-corrected chi connectivity index (χ3v) is 3.27. The van der Waals surface area contributed by atoms with E-state index in [2.05, 4.69) is 4.40 Å². The lowest BCUT2D eigenvalue weighted by Crippen LogP contribution is -2.12. The van der Waals surface area contributed by atoms with Gasteiger partial charge in [0.2, 0.25) is 0 Å². The van der Waals surface area contributed by atoms with E-state index in [-0.39, 0.29) is 11.4 Å². The SMILES string of the molecule is NCC1=NS(=O)(=O)c2ccccc21. The summed E-state index contributed by atoms with van der Waals surface area (Å²) in [5.41, 5.74) is 6.44. The fourth-order valence-electron chi connectivity index (χ4n) is 1.32. The minimum Gasteiger partial charge on any atom is -0.325 e. The predicted octanol–water partition coefficient (Wildman–Crippen LogP) is 0.137. The summed E-state index contributed by atoms with van der Waals surface area (Å²) in [5, 5.41) is 0. The van der Waals surface area contributed by atoms with Gasteiger partial charge in [-0.1, -0.05) is 18.2 Å². The van der Waals surface area contributed by atoms with Gasteiger partial charge in [0.1, 0.15) is 0 Å². The van der Waals surface area contributed by atoms with Gasteiger partial charge in [0.25, 0.3) is 10.0 Å². The smallest absolute Gasteiger partial charge is 0.283 e. The van der Waals surface area contributed by atoms with Crippen LogP contribution < -0.4 is 5.73 Å². The molecule has 13 heavy (non-hydrogen) atoms. The van der Waals surface area contributed by atoms with Gasteiger partial charge in [-0.25, -0.2) is 0 Å². The molecule has 2 N–H and O–H groups in total. The minimum absolute atomic E-state index is 0.149. The van der Waals surface area contributed by atoms with Gasteiger partial charge in [-0.2, -0.15) is 12.8 Å². The summed E-state index contributed by atoms with van der Waals surface area (Å²) in [7, 11) is -3.46. The first-order valence-electron chi connectivity index (χ1n) is 3.78. The van der Waals surface area contributed by atoms with Crippen LogP contribution in [0.15, 0.2) is 33.6 Å². The van der Waals surface area contributed by atoms with E-state index in [0.29, 0.717) is 11.3 Å². The summed E-state index contributed by atoms with van der Waals surface area (Å²) in [6.07, 6.45) is 0. The molecule has 1 aliphatic rings. The van der Waals surface area contributed by atoms with E-state index in [0.717, 1.165) is 0 Å². The Hall–Kier alpha value is -1.20. The zero-order chi connectivity index (χ0) is 9.47. The first-order valence-corrected chi connectivity index (χ1v) is 5.22. The molecule has 0 amide bonds. The van der Waals surface area contributed by atoms with Crippen LogP contribution in [0.3, 0.4) is 0 Å². The third-order valence-electron chi connectivity index (χ3n) is 1.90. The zero-order valence-corrected chi connectivity index (χ0v) is 7.58. The molecule has 2 rings (SSSR count). The average molecular weight is 196 g/mol. The topological polar surface area (TPSA) is 72.5 Å². The molecule has 1 aliphatic heterocycles. The molecular formula is C8H8N2O2S. The van der Waals surface area contributed by atoms with Gasteiger partial charge < -0.3 is 5.73 Å². The predicted molar refractivity (Wildman–Crippen MR) is 49.2 cm³/mol. The number of sulfonamides is 1. The van der Waals surface area contributed by atoms with Crippen molar-refractivity contribution in [2.75, 3.05) is 6.54 Å². The molecule has 0 aliphatic carbocycles. The number of benzene rings is 1. The number of hydrogen-bond acceptors (Lipinski definition) is 3. The molecule has 1 heterocycles. The minimum atomic E-state index is -3.46. The maximum atomic E-state index is 11.4. The first kappa shape index (κ1) is 8.40. The maximum absolute atomic E-state index is 11.4. The number of rotatable bonds is 1. The van der Waals surface area contributed by atoms with Gasteiger partial charge in [0.15, 0.2) is 0 Å². The van der Waals surface area contributed by atoms with E-state index < -0.39 is 10.0 Å². The van der Waals surface area contributed by atoms with Crippen molar-refractivity contribution in [3.63, 3.8) is 0 Å². The third kappa shape index (κ3) is 1.16. The largest absolute Gasteiger partial charge is 0.325 e. The molecule has 5 heteroatoms. The van der Waals surface area contributed by atoms with Crippen molar-refractivity contribution in [1.29, 1.82) is 0 Å². The van der Waals surface area contributed by atoms with Crippen LogP contribution in [0.5, 0.6) is 0 Å². The summed E-state index contributed by atoms with van der Waals surface area (Å²) in [6.45, 7) is 0.149. The number of nitrogens with zero attached hydrogens (tertiary/aromatic N) is 1. The Bertz CT molecular complexity index is 477. The number of hydrogen-bond donors (Lipinski definition) is 1. The molecular weight excluding hydrogens is 188 g/mol. The molecule has 0 fully saturated rings. The first-order chi connectivity index (χ1) is 6.15. The zero-order valence-electron chi connectivity index (χ0n) is 6.77. The van der Waals surface area contributed by atoms with Crippen LogP contribution in [-0.2, 0) is 10.0 Å². The molecule has 0 atom stereocenters. The van der Waals surface area contributed by atoms with E-state index in [1.807, 2.05) is 0 Å². The molecule has 0 radical (unpaired) electrons. The van der Waals surface area contributed by atoms with Gasteiger partial charge in [-0.15, -0.1) is 0 Å².